The van der Waals surface area contributed by atoms with E-state index < -0.39 is 0 Å². The van der Waals surface area contributed by atoms with Crippen LogP contribution in [0.15, 0.2) is 186 Å². The number of anilines is 3. The predicted octanol–water partition coefficient (Wildman–Crippen LogP) is 15.5. The van der Waals surface area contributed by atoms with Crippen LogP contribution in [0.3, 0.4) is 0 Å². The van der Waals surface area contributed by atoms with Crippen molar-refractivity contribution < 1.29 is 4.42 Å². The summed E-state index contributed by atoms with van der Waals surface area (Å²) < 4.78 is 8.83. The summed E-state index contributed by atoms with van der Waals surface area (Å²) in [5.41, 5.74) is 17.5. The Kier molecular flexibility index (Phi) is 7.01. The molecule has 292 valence electrons. The third-order valence-corrected chi connectivity index (χ3v) is 15.6. The number of nitrogens with zero attached hydrogens (tertiary/aromatic N) is 2. The lowest BCUT2D eigenvalue weighted by molar-refractivity contribution is -0.0399. The van der Waals surface area contributed by atoms with Gasteiger partial charge in [0.2, 0.25) is 0 Å². The summed E-state index contributed by atoms with van der Waals surface area (Å²) in [6.45, 7) is 0. The lowest BCUT2D eigenvalue weighted by atomic mass is 9.43. The lowest BCUT2D eigenvalue weighted by Crippen LogP contribution is -2.55. The second kappa shape index (κ2) is 12.6. The molecule has 0 saturated heterocycles. The number of hydrogen-bond donors (Lipinski definition) is 0. The van der Waals surface area contributed by atoms with Crippen molar-refractivity contribution in [2.75, 3.05) is 4.90 Å². The minimum absolute atomic E-state index is 0.195. The highest BCUT2D eigenvalue weighted by molar-refractivity contribution is 6.09. The molecule has 3 heteroatoms. The van der Waals surface area contributed by atoms with Crippen molar-refractivity contribution in [2.45, 2.75) is 37.5 Å². The fraction of sp³-hybridized carbons (Fsp3) is 0.172. The Morgan fingerprint density at radius 1 is 0.426 bits per heavy atom. The van der Waals surface area contributed by atoms with E-state index in [-0.39, 0.29) is 5.41 Å². The average Bonchev–Trinajstić information content (AvgIpc) is 3.95. The highest BCUT2D eigenvalue weighted by atomic mass is 16.3. The van der Waals surface area contributed by atoms with E-state index in [1.54, 1.807) is 11.1 Å². The van der Waals surface area contributed by atoms with Crippen molar-refractivity contribution in [3.05, 3.63) is 193 Å². The third-order valence-electron chi connectivity index (χ3n) is 15.6. The number of fused-ring (bicyclic) bond motifs is 9. The van der Waals surface area contributed by atoms with Crippen LogP contribution in [0.2, 0.25) is 0 Å². The van der Waals surface area contributed by atoms with Crippen molar-refractivity contribution in [3.8, 4) is 27.9 Å². The van der Waals surface area contributed by atoms with Gasteiger partial charge in [0.1, 0.15) is 11.2 Å². The molecule has 4 saturated carbocycles. The van der Waals surface area contributed by atoms with E-state index in [4.69, 9.17) is 4.42 Å². The molecular weight excluding hydrogens is 741 g/mol. The predicted molar refractivity (Wildman–Crippen MR) is 251 cm³/mol. The molecule has 1 spiro atoms. The van der Waals surface area contributed by atoms with Crippen molar-refractivity contribution >= 4 is 60.8 Å². The van der Waals surface area contributed by atoms with Gasteiger partial charge >= 0.3 is 0 Å². The summed E-state index contributed by atoms with van der Waals surface area (Å²) in [7, 11) is 0. The molecule has 2 heterocycles. The van der Waals surface area contributed by atoms with Gasteiger partial charge in [0.25, 0.3) is 0 Å². The Labute approximate surface area is 355 Å². The minimum atomic E-state index is 0.195. The molecule has 0 atom stereocenters. The summed E-state index contributed by atoms with van der Waals surface area (Å²) in [5, 5.41) is 4.80. The van der Waals surface area contributed by atoms with Crippen LogP contribution in [-0.4, -0.2) is 4.57 Å². The SMILES string of the molecule is c1ccc2c(c1)-c1cc(-c3ccc(N(c4ccc(-n5c6ccccc6c6ccccc65)cc4)c4ccc5c(c4)oc4ccccc45)cc3)ccc1C21C2CC3CC(C2)CC1C3. The van der Waals surface area contributed by atoms with Gasteiger partial charge in [0, 0.05) is 55.8 Å². The number of benzene rings is 8. The Morgan fingerprint density at radius 2 is 0.984 bits per heavy atom. The van der Waals surface area contributed by atoms with Crippen LogP contribution < -0.4 is 4.90 Å². The Morgan fingerprint density at radius 3 is 1.70 bits per heavy atom. The molecule has 2 aromatic heterocycles. The van der Waals surface area contributed by atoms with Gasteiger partial charge in [-0.25, -0.2) is 0 Å². The van der Waals surface area contributed by atoms with E-state index in [0.29, 0.717) is 0 Å². The van der Waals surface area contributed by atoms with Gasteiger partial charge in [-0.05, 0) is 162 Å². The monoisotopic (exact) mass is 784 g/mol. The van der Waals surface area contributed by atoms with Crippen LogP contribution in [0.5, 0.6) is 0 Å². The van der Waals surface area contributed by atoms with Gasteiger partial charge in [-0.1, -0.05) is 103 Å². The molecule has 0 unspecified atom stereocenters. The molecule has 4 bridgehead atoms. The molecule has 0 radical (unpaired) electrons. The second-order valence-corrected chi connectivity index (χ2v) is 18.5. The largest absolute Gasteiger partial charge is 0.456 e. The molecule has 61 heavy (non-hydrogen) atoms. The number of rotatable bonds is 5. The smallest absolute Gasteiger partial charge is 0.137 e. The summed E-state index contributed by atoms with van der Waals surface area (Å²) in [4.78, 5) is 2.36. The van der Waals surface area contributed by atoms with Gasteiger partial charge < -0.3 is 13.9 Å². The van der Waals surface area contributed by atoms with E-state index in [0.717, 1.165) is 68.4 Å². The van der Waals surface area contributed by atoms with Gasteiger partial charge in [-0.2, -0.15) is 0 Å². The standard InChI is InChI=1S/C58H44N2O/c1-5-13-52-46(9-1)51-34-39(19-28-53(51)58(52)40-30-36-29-37(32-40)33-41(58)31-36)38-17-20-42(21-18-38)59(45-26-27-50-49-12-4-8-16-56(49)61-57(50)35-45)43-22-24-44(25-23-43)60-54-14-6-2-10-47(54)48-11-3-7-15-55(48)60/h1-28,34-37,40-41H,29-33H2. The first-order valence-corrected chi connectivity index (χ1v) is 22.3. The van der Waals surface area contributed by atoms with E-state index in [2.05, 4.69) is 185 Å². The Balaban J connectivity index is 0.870. The highest BCUT2D eigenvalue weighted by Crippen LogP contribution is 2.69. The maximum Gasteiger partial charge on any atom is 0.137 e. The fourth-order valence-electron chi connectivity index (χ4n) is 13.4. The molecule has 8 aromatic carbocycles. The third kappa shape index (κ3) is 4.75. The zero-order valence-corrected chi connectivity index (χ0v) is 34.0. The molecule has 0 aliphatic heterocycles. The summed E-state index contributed by atoms with van der Waals surface area (Å²) in [6.07, 6.45) is 7.12. The normalized spacial score (nSPS) is 22.2. The van der Waals surface area contributed by atoms with Crippen molar-refractivity contribution in [2.24, 2.45) is 23.7 Å². The van der Waals surface area contributed by atoms with E-state index in [1.807, 2.05) is 6.07 Å². The molecule has 10 aromatic rings. The van der Waals surface area contributed by atoms with Gasteiger partial charge in [-0.15, -0.1) is 0 Å². The first-order chi connectivity index (χ1) is 30.2. The number of aromatic nitrogens is 1. The molecule has 4 fully saturated rings. The molecular formula is C58H44N2O. The van der Waals surface area contributed by atoms with Crippen LogP contribution in [0, 0.1) is 23.7 Å². The van der Waals surface area contributed by atoms with Crippen molar-refractivity contribution in [1.29, 1.82) is 0 Å². The summed E-state index contributed by atoms with van der Waals surface area (Å²) >= 11 is 0. The van der Waals surface area contributed by atoms with Crippen LogP contribution in [0.4, 0.5) is 17.1 Å². The van der Waals surface area contributed by atoms with Crippen LogP contribution in [0.1, 0.15) is 43.2 Å². The van der Waals surface area contributed by atoms with Crippen LogP contribution in [-0.2, 0) is 5.41 Å². The minimum Gasteiger partial charge on any atom is -0.456 e. The van der Waals surface area contributed by atoms with E-state index >= 15 is 0 Å². The zero-order chi connectivity index (χ0) is 39.8. The molecule has 0 N–H and O–H groups in total. The van der Waals surface area contributed by atoms with Crippen molar-refractivity contribution in [1.82, 2.24) is 4.57 Å². The van der Waals surface area contributed by atoms with E-state index in [9.17, 15) is 0 Å². The van der Waals surface area contributed by atoms with Gasteiger partial charge in [0.05, 0.1) is 11.0 Å². The van der Waals surface area contributed by atoms with Gasteiger partial charge in [-0.3, -0.25) is 0 Å². The first kappa shape index (κ1) is 33.9. The summed E-state index contributed by atoms with van der Waals surface area (Å²) in [5.74, 6) is 3.44. The molecule has 5 aliphatic carbocycles. The van der Waals surface area contributed by atoms with E-state index in [1.165, 1.54) is 76.2 Å². The Hall–Kier alpha value is -6.84. The zero-order valence-electron chi connectivity index (χ0n) is 34.0. The quantitative estimate of drug-likeness (QED) is 0.173. The number of para-hydroxylation sites is 3. The fourth-order valence-corrected chi connectivity index (χ4v) is 13.4. The van der Waals surface area contributed by atoms with Crippen molar-refractivity contribution in [3.63, 3.8) is 0 Å². The molecule has 5 aliphatic rings. The molecule has 0 amide bonds. The molecule has 15 rings (SSSR count). The number of furan rings is 1. The maximum atomic E-state index is 6.45. The molecule has 3 nitrogen and oxygen atoms in total. The highest BCUT2D eigenvalue weighted by Gasteiger charge is 2.61. The topological polar surface area (TPSA) is 21.3 Å². The Bertz CT molecular complexity index is 3300. The summed E-state index contributed by atoms with van der Waals surface area (Å²) in [6, 6.07) is 67.6. The van der Waals surface area contributed by atoms with Crippen LogP contribution >= 0.6 is 0 Å². The lowest BCUT2D eigenvalue weighted by Gasteiger charge is -2.61. The van der Waals surface area contributed by atoms with Gasteiger partial charge in [0.15, 0.2) is 0 Å². The van der Waals surface area contributed by atoms with Crippen LogP contribution in [0.25, 0.3) is 71.7 Å². The first-order valence-electron chi connectivity index (χ1n) is 22.3. The number of hydrogen-bond acceptors (Lipinski definition) is 2. The maximum absolute atomic E-state index is 6.45. The second-order valence-electron chi connectivity index (χ2n) is 18.5. The average molecular weight is 785 g/mol.